The lowest BCUT2D eigenvalue weighted by atomic mass is 9.73. The number of likely N-dealkylation sites (tertiary alicyclic amines) is 1. The first-order valence-corrected chi connectivity index (χ1v) is 10.6. The van der Waals surface area contributed by atoms with E-state index in [1.165, 1.54) is 4.90 Å². The number of urea groups is 1. The van der Waals surface area contributed by atoms with Crippen LogP contribution in [0, 0.1) is 5.92 Å². The quantitative estimate of drug-likeness (QED) is 0.767. The van der Waals surface area contributed by atoms with Crippen molar-refractivity contribution in [3.63, 3.8) is 0 Å². The van der Waals surface area contributed by atoms with Gasteiger partial charge in [0.05, 0.1) is 20.9 Å². The van der Waals surface area contributed by atoms with E-state index in [9.17, 15) is 9.59 Å². The summed E-state index contributed by atoms with van der Waals surface area (Å²) in [4.78, 5) is 29.7. The van der Waals surface area contributed by atoms with Gasteiger partial charge in [-0.3, -0.25) is 9.69 Å². The number of nitrogens with one attached hydrogen (secondary N) is 1. The molecule has 3 atom stereocenters. The molecule has 1 aliphatic carbocycles. The minimum atomic E-state index is -0.710. The van der Waals surface area contributed by atoms with Crippen LogP contribution in [-0.4, -0.2) is 54.7 Å². The van der Waals surface area contributed by atoms with E-state index in [1.807, 2.05) is 18.2 Å². The highest BCUT2D eigenvalue weighted by molar-refractivity contribution is 6.07. The Bertz CT molecular complexity index is 798. The van der Waals surface area contributed by atoms with Crippen LogP contribution < -0.4 is 14.8 Å². The molecule has 2 aliphatic heterocycles. The monoisotopic (exact) mass is 401 g/mol. The Hall–Kier alpha value is -2.28. The average molecular weight is 402 g/mol. The lowest BCUT2D eigenvalue weighted by Gasteiger charge is -2.37. The molecule has 1 N–H and O–H groups in total. The molecular weight excluding hydrogens is 370 g/mol. The molecule has 2 heterocycles. The summed E-state index contributed by atoms with van der Waals surface area (Å²) in [7, 11) is 3.31. The summed E-state index contributed by atoms with van der Waals surface area (Å²) in [5, 5.41) is 3.05. The fourth-order valence-electron chi connectivity index (χ4n) is 5.25. The van der Waals surface area contributed by atoms with Crippen molar-refractivity contribution in [3.05, 3.63) is 23.8 Å². The minimum absolute atomic E-state index is 0.0574. The molecule has 3 fully saturated rings. The molecule has 0 bridgehead atoms. The fourth-order valence-corrected chi connectivity index (χ4v) is 5.25. The third-order valence-corrected chi connectivity index (χ3v) is 6.98. The Balaban J connectivity index is 1.56. The van der Waals surface area contributed by atoms with Gasteiger partial charge in [-0.1, -0.05) is 19.8 Å². The van der Waals surface area contributed by atoms with E-state index in [-0.39, 0.29) is 23.9 Å². The second-order valence-electron chi connectivity index (χ2n) is 8.50. The first-order valence-electron chi connectivity index (χ1n) is 10.6. The Labute approximate surface area is 172 Å². The predicted molar refractivity (Wildman–Crippen MR) is 109 cm³/mol. The van der Waals surface area contributed by atoms with E-state index < -0.39 is 5.54 Å². The number of amides is 3. The highest BCUT2D eigenvalue weighted by Crippen LogP contribution is 2.41. The van der Waals surface area contributed by atoms with Crippen LogP contribution in [-0.2, 0) is 4.79 Å². The number of benzene rings is 1. The molecular formula is C22H31N3O4. The molecule has 1 aromatic rings. The molecule has 158 valence electrons. The number of carbonyl (C=O) groups excluding carboxylic acids is 2. The molecule has 1 aromatic carbocycles. The molecule has 0 unspecified atom stereocenters. The van der Waals surface area contributed by atoms with Gasteiger partial charge in [0.2, 0.25) is 0 Å². The number of rotatable bonds is 5. The first kappa shape index (κ1) is 20.0. The maximum absolute atomic E-state index is 13.3. The van der Waals surface area contributed by atoms with Crippen molar-refractivity contribution in [2.24, 2.45) is 5.92 Å². The Morgan fingerprint density at radius 2 is 1.97 bits per heavy atom. The van der Waals surface area contributed by atoms with E-state index in [2.05, 4.69) is 17.1 Å². The highest BCUT2D eigenvalue weighted by atomic mass is 16.5. The number of nitrogens with zero attached hydrogens (tertiary/aromatic N) is 2. The van der Waals surface area contributed by atoms with Crippen molar-refractivity contribution in [1.29, 1.82) is 0 Å². The highest BCUT2D eigenvalue weighted by Gasteiger charge is 2.55. The van der Waals surface area contributed by atoms with Crippen LogP contribution in [0.15, 0.2) is 18.2 Å². The number of imide groups is 1. The molecule has 0 radical (unpaired) electrons. The van der Waals surface area contributed by atoms with Gasteiger partial charge in [-0.05, 0) is 49.8 Å². The lowest BCUT2D eigenvalue weighted by Crippen LogP contribution is -2.54. The topological polar surface area (TPSA) is 71.1 Å². The summed E-state index contributed by atoms with van der Waals surface area (Å²) in [6.07, 6.45) is 5.79. The summed E-state index contributed by atoms with van der Waals surface area (Å²) in [6.45, 7) is 3.23. The van der Waals surface area contributed by atoms with E-state index >= 15 is 0 Å². The van der Waals surface area contributed by atoms with Crippen LogP contribution in [0.2, 0.25) is 0 Å². The Morgan fingerprint density at radius 3 is 2.69 bits per heavy atom. The summed E-state index contributed by atoms with van der Waals surface area (Å²) >= 11 is 0. The van der Waals surface area contributed by atoms with Crippen LogP contribution >= 0.6 is 0 Å². The van der Waals surface area contributed by atoms with Crippen LogP contribution in [0.5, 0.6) is 11.5 Å². The van der Waals surface area contributed by atoms with Gasteiger partial charge >= 0.3 is 6.03 Å². The van der Waals surface area contributed by atoms with Gasteiger partial charge in [0.15, 0.2) is 0 Å². The zero-order valence-electron chi connectivity index (χ0n) is 17.6. The normalized spacial score (nSPS) is 30.1. The smallest absolute Gasteiger partial charge is 0.326 e. The van der Waals surface area contributed by atoms with E-state index in [1.54, 1.807) is 14.2 Å². The predicted octanol–water partition coefficient (Wildman–Crippen LogP) is 3.30. The third-order valence-electron chi connectivity index (χ3n) is 6.98. The molecule has 0 aromatic heterocycles. The molecule has 7 heteroatoms. The number of ether oxygens (including phenoxy) is 2. The van der Waals surface area contributed by atoms with Crippen molar-refractivity contribution >= 4 is 11.9 Å². The SMILES string of the molecule is COc1ccc(OC)c([C@H]2CCCN2CN2C(=O)N[C@]3(CCCC[C@H]3C)C2=O)c1. The van der Waals surface area contributed by atoms with Crippen molar-refractivity contribution in [2.45, 2.75) is 57.0 Å². The van der Waals surface area contributed by atoms with Crippen molar-refractivity contribution < 1.29 is 19.1 Å². The van der Waals surface area contributed by atoms with Crippen molar-refractivity contribution in [2.75, 3.05) is 27.4 Å². The summed E-state index contributed by atoms with van der Waals surface area (Å²) in [5.74, 6) is 1.69. The first-order chi connectivity index (χ1) is 14.0. The van der Waals surface area contributed by atoms with Gasteiger partial charge in [0.25, 0.3) is 5.91 Å². The number of hydrogen-bond acceptors (Lipinski definition) is 5. The summed E-state index contributed by atoms with van der Waals surface area (Å²) < 4.78 is 11.0. The van der Waals surface area contributed by atoms with E-state index in [0.717, 1.165) is 62.1 Å². The third kappa shape index (κ3) is 3.35. The zero-order valence-corrected chi connectivity index (χ0v) is 17.6. The van der Waals surface area contributed by atoms with E-state index in [0.29, 0.717) is 6.67 Å². The average Bonchev–Trinajstić information content (AvgIpc) is 3.29. The number of hydrogen-bond donors (Lipinski definition) is 1. The lowest BCUT2D eigenvalue weighted by molar-refractivity contribution is -0.135. The standard InChI is InChI=1S/C22H31N3O4/c1-15-7-4-5-11-22(15)20(26)25(21(27)23-22)14-24-12-6-8-18(24)17-13-16(28-2)9-10-19(17)29-3/h9-10,13,15,18H,4-8,11-12,14H2,1-3H3,(H,23,27)/t15-,18-,22+/m1/s1. The van der Waals surface area contributed by atoms with Gasteiger partial charge in [-0.25, -0.2) is 9.69 Å². The van der Waals surface area contributed by atoms with Crippen LogP contribution in [0.25, 0.3) is 0 Å². The van der Waals surface area contributed by atoms with Gasteiger partial charge in [-0.2, -0.15) is 0 Å². The maximum atomic E-state index is 13.3. The van der Waals surface area contributed by atoms with Crippen LogP contribution in [0.4, 0.5) is 4.79 Å². The van der Waals surface area contributed by atoms with E-state index in [4.69, 9.17) is 9.47 Å². The summed E-state index contributed by atoms with van der Waals surface area (Å²) in [5.41, 5.74) is 0.329. The van der Waals surface area contributed by atoms with Crippen molar-refractivity contribution in [1.82, 2.24) is 15.1 Å². The molecule has 1 spiro atoms. The molecule has 1 saturated carbocycles. The number of methoxy groups -OCH3 is 2. The second kappa shape index (κ2) is 7.86. The molecule has 3 aliphatic rings. The molecule has 7 nitrogen and oxygen atoms in total. The van der Waals surface area contributed by atoms with Crippen molar-refractivity contribution in [3.8, 4) is 11.5 Å². The Kier molecular flexibility index (Phi) is 5.42. The van der Waals surface area contributed by atoms with Crippen LogP contribution in [0.1, 0.15) is 57.1 Å². The second-order valence-corrected chi connectivity index (χ2v) is 8.50. The van der Waals surface area contributed by atoms with Gasteiger partial charge in [0.1, 0.15) is 17.0 Å². The van der Waals surface area contributed by atoms with Gasteiger partial charge in [0, 0.05) is 18.2 Å². The summed E-state index contributed by atoms with van der Waals surface area (Å²) in [6, 6.07) is 5.62. The molecule has 2 saturated heterocycles. The maximum Gasteiger partial charge on any atom is 0.326 e. The molecule has 4 rings (SSSR count). The zero-order chi connectivity index (χ0) is 20.6. The Morgan fingerprint density at radius 1 is 1.14 bits per heavy atom. The fraction of sp³-hybridized carbons (Fsp3) is 0.636. The molecule has 3 amide bonds. The van der Waals surface area contributed by atoms with Gasteiger partial charge in [-0.15, -0.1) is 0 Å². The minimum Gasteiger partial charge on any atom is -0.497 e. The molecule has 29 heavy (non-hydrogen) atoms. The number of carbonyl (C=O) groups is 2. The van der Waals surface area contributed by atoms with Gasteiger partial charge < -0.3 is 14.8 Å². The van der Waals surface area contributed by atoms with Crippen LogP contribution in [0.3, 0.4) is 0 Å². The largest absolute Gasteiger partial charge is 0.497 e.